The third kappa shape index (κ3) is 5.58. The molecule has 0 bridgehead atoms. The molecule has 2 N–H and O–H groups in total. The van der Waals surface area contributed by atoms with Crippen LogP contribution in [0.2, 0.25) is 0 Å². The van der Waals surface area contributed by atoms with Crippen molar-refractivity contribution in [1.29, 1.82) is 0 Å². The summed E-state index contributed by atoms with van der Waals surface area (Å²) in [6, 6.07) is 5.69. The summed E-state index contributed by atoms with van der Waals surface area (Å²) in [7, 11) is 0. The number of unbranched alkanes of at least 4 members (excludes halogenated alkanes) is 1. The van der Waals surface area contributed by atoms with Crippen LogP contribution in [0.4, 0.5) is 14.5 Å². The highest BCUT2D eigenvalue weighted by atomic mass is 19.3. The van der Waals surface area contributed by atoms with Crippen LogP contribution >= 0.6 is 0 Å². The summed E-state index contributed by atoms with van der Waals surface area (Å²) in [6.45, 7) is -2.80. The van der Waals surface area contributed by atoms with Gasteiger partial charge in [-0.05, 0) is 37.1 Å². The van der Waals surface area contributed by atoms with Crippen molar-refractivity contribution < 1.29 is 23.4 Å². The number of alkyl halides is 2. The second kappa shape index (κ2) is 7.60. The van der Waals surface area contributed by atoms with Gasteiger partial charge in [-0.25, -0.2) is 0 Å². The lowest BCUT2D eigenvalue weighted by Crippen LogP contribution is -2.11. The van der Waals surface area contributed by atoms with Crippen LogP contribution in [0.25, 0.3) is 0 Å². The number of nitrogens with one attached hydrogen (secondary N) is 1. The van der Waals surface area contributed by atoms with Gasteiger partial charge in [0.05, 0.1) is 0 Å². The number of ether oxygens (including phenoxy) is 1. The van der Waals surface area contributed by atoms with Gasteiger partial charge >= 0.3 is 6.61 Å². The Hall–Kier alpha value is -1.69. The van der Waals surface area contributed by atoms with E-state index in [9.17, 15) is 13.6 Å². The lowest BCUT2D eigenvalue weighted by molar-refractivity contribution is -0.116. The number of aliphatic hydroxyl groups excluding tert-OH is 1. The molecule has 1 amide bonds. The van der Waals surface area contributed by atoms with E-state index in [0.29, 0.717) is 24.9 Å². The predicted octanol–water partition coefficient (Wildman–Crippen LogP) is 2.39. The summed E-state index contributed by atoms with van der Waals surface area (Å²) in [5, 5.41) is 11.2. The number of anilines is 1. The Morgan fingerprint density at radius 3 is 2.50 bits per heavy atom. The zero-order chi connectivity index (χ0) is 13.4. The van der Waals surface area contributed by atoms with E-state index in [1.165, 1.54) is 24.3 Å². The molecule has 0 spiro atoms. The summed E-state index contributed by atoms with van der Waals surface area (Å²) in [5.74, 6) is -0.130. The first-order chi connectivity index (χ1) is 8.61. The van der Waals surface area contributed by atoms with Crippen molar-refractivity contribution in [3.63, 3.8) is 0 Å². The van der Waals surface area contributed by atoms with Crippen LogP contribution in [0.1, 0.15) is 19.3 Å². The number of halogens is 2. The minimum Gasteiger partial charge on any atom is -0.435 e. The van der Waals surface area contributed by atoms with Gasteiger partial charge in [-0.15, -0.1) is 0 Å². The summed E-state index contributed by atoms with van der Waals surface area (Å²) < 4.78 is 28.0. The first-order valence-electron chi connectivity index (χ1n) is 5.57. The fraction of sp³-hybridized carbons (Fsp3) is 0.417. The zero-order valence-corrected chi connectivity index (χ0v) is 9.73. The van der Waals surface area contributed by atoms with Gasteiger partial charge in [-0.1, -0.05) is 0 Å². The normalized spacial score (nSPS) is 10.4. The molecule has 0 unspecified atom stereocenters. The Kier molecular flexibility index (Phi) is 6.07. The van der Waals surface area contributed by atoms with E-state index in [-0.39, 0.29) is 18.3 Å². The van der Waals surface area contributed by atoms with Crippen LogP contribution in [-0.4, -0.2) is 24.2 Å². The molecule has 0 atom stereocenters. The average molecular weight is 259 g/mol. The Labute approximate surface area is 104 Å². The van der Waals surface area contributed by atoms with Gasteiger partial charge in [0, 0.05) is 18.7 Å². The minimum atomic E-state index is -2.86. The number of hydrogen-bond acceptors (Lipinski definition) is 3. The van der Waals surface area contributed by atoms with Crippen LogP contribution in [0.5, 0.6) is 5.75 Å². The standard InChI is InChI=1S/C12H15F2NO3/c13-12(14)18-10-6-4-9(5-7-10)15-11(17)3-1-2-8-16/h4-7,12,16H,1-3,8H2,(H,15,17). The first-order valence-corrected chi connectivity index (χ1v) is 5.57. The molecule has 100 valence electrons. The van der Waals surface area contributed by atoms with Crippen LogP contribution in [0, 0.1) is 0 Å². The molecule has 0 aromatic heterocycles. The maximum Gasteiger partial charge on any atom is 0.387 e. The Bertz CT molecular complexity index is 368. The molecule has 6 heteroatoms. The molecule has 4 nitrogen and oxygen atoms in total. The number of carbonyl (C=O) groups is 1. The SMILES string of the molecule is O=C(CCCCO)Nc1ccc(OC(F)F)cc1. The third-order valence-corrected chi connectivity index (χ3v) is 2.18. The fourth-order valence-corrected chi connectivity index (χ4v) is 1.34. The second-order valence-corrected chi connectivity index (χ2v) is 3.63. The number of carbonyl (C=O) groups excluding carboxylic acids is 1. The lowest BCUT2D eigenvalue weighted by atomic mass is 10.2. The smallest absolute Gasteiger partial charge is 0.387 e. The van der Waals surface area contributed by atoms with Crippen molar-refractivity contribution in [2.45, 2.75) is 25.9 Å². The van der Waals surface area contributed by atoms with E-state index in [2.05, 4.69) is 10.1 Å². The number of hydrogen-bond donors (Lipinski definition) is 2. The zero-order valence-electron chi connectivity index (χ0n) is 9.73. The van der Waals surface area contributed by atoms with Crippen LogP contribution in [-0.2, 0) is 4.79 Å². The maximum absolute atomic E-state index is 11.9. The molecule has 0 aliphatic carbocycles. The lowest BCUT2D eigenvalue weighted by Gasteiger charge is -2.07. The van der Waals surface area contributed by atoms with Crippen molar-refractivity contribution in [1.82, 2.24) is 0 Å². The van der Waals surface area contributed by atoms with Crippen molar-refractivity contribution in [3.05, 3.63) is 24.3 Å². The molecule has 0 fully saturated rings. The number of benzene rings is 1. The number of amides is 1. The molecule has 0 heterocycles. The van der Waals surface area contributed by atoms with Gasteiger partial charge in [0.2, 0.25) is 5.91 Å². The highest BCUT2D eigenvalue weighted by Crippen LogP contribution is 2.17. The topological polar surface area (TPSA) is 58.6 Å². The second-order valence-electron chi connectivity index (χ2n) is 3.63. The van der Waals surface area contributed by atoms with Crippen molar-refractivity contribution >= 4 is 11.6 Å². The molecule has 1 aromatic rings. The monoisotopic (exact) mass is 259 g/mol. The summed E-state index contributed by atoms with van der Waals surface area (Å²) >= 11 is 0. The van der Waals surface area contributed by atoms with E-state index in [1.54, 1.807) is 0 Å². The highest BCUT2D eigenvalue weighted by Gasteiger charge is 2.05. The predicted molar refractivity (Wildman–Crippen MR) is 62.6 cm³/mol. The van der Waals surface area contributed by atoms with E-state index < -0.39 is 6.61 Å². The van der Waals surface area contributed by atoms with Gasteiger partial charge in [0.1, 0.15) is 5.75 Å². The number of aliphatic hydroxyl groups is 1. The van der Waals surface area contributed by atoms with Crippen molar-refractivity contribution in [3.8, 4) is 5.75 Å². The van der Waals surface area contributed by atoms with E-state index in [0.717, 1.165) is 0 Å². The first kappa shape index (κ1) is 14.4. The molecule has 0 radical (unpaired) electrons. The van der Waals surface area contributed by atoms with Crippen LogP contribution in [0.15, 0.2) is 24.3 Å². The fourth-order valence-electron chi connectivity index (χ4n) is 1.34. The average Bonchev–Trinajstić information content (AvgIpc) is 2.31. The van der Waals surface area contributed by atoms with E-state index in [4.69, 9.17) is 5.11 Å². The highest BCUT2D eigenvalue weighted by molar-refractivity contribution is 5.90. The molecule has 1 rings (SSSR count). The van der Waals surface area contributed by atoms with Gasteiger partial charge in [-0.3, -0.25) is 4.79 Å². The maximum atomic E-state index is 11.9. The Morgan fingerprint density at radius 2 is 1.94 bits per heavy atom. The summed E-state index contributed by atoms with van der Waals surface area (Å²) in [5.41, 5.74) is 0.519. The van der Waals surface area contributed by atoms with Gasteiger partial charge in [0.25, 0.3) is 0 Å². The third-order valence-electron chi connectivity index (χ3n) is 2.18. The molecule has 1 aromatic carbocycles. The Balaban J connectivity index is 2.40. The molecule has 0 saturated heterocycles. The molecule has 0 aliphatic rings. The summed E-state index contributed by atoms with van der Waals surface area (Å²) in [6.07, 6.45) is 1.50. The molecule has 18 heavy (non-hydrogen) atoms. The minimum absolute atomic E-state index is 0.0447. The number of rotatable bonds is 7. The molecular formula is C12H15F2NO3. The van der Waals surface area contributed by atoms with Crippen LogP contribution < -0.4 is 10.1 Å². The summed E-state index contributed by atoms with van der Waals surface area (Å²) in [4.78, 5) is 11.4. The quantitative estimate of drug-likeness (QED) is 0.739. The van der Waals surface area contributed by atoms with Crippen LogP contribution in [0.3, 0.4) is 0 Å². The van der Waals surface area contributed by atoms with Crippen molar-refractivity contribution in [2.24, 2.45) is 0 Å². The molecule has 0 aliphatic heterocycles. The largest absolute Gasteiger partial charge is 0.435 e. The molecule has 0 saturated carbocycles. The molecular weight excluding hydrogens is 244 g/mol. The van der Waals surface area contributed by atoms with Gasteiger partial charge < -0.3 is 15.2 Å². The van der Waals surface area contributed by atoms with E-state index >= 15 is 0 Å². The van der Waals surface area contributed by atoms with Gasteiger partial charge in [0.15, 0.2) is 0 Å². The van der Waals surface area contributed by atoms with Crippen molar-refractivity contribution in [2.75, 3.05) is 11.9 Å². The van der Waals surface area contributed by atoms with E-state index in [1.807, 2.05) is 0 Å². The van der Waals surface area contributed by atoms with Gasteiger partial charge in [-0.2, -0.15) is 8.78 Å². The Morgan fingerprint density at radius 1 is 1.28 bits per heavy atom.